The first-order chi connectivity index (χ1) is 11.0. The van der Waals surface area contributed by atoms with Gasteiger partial charge in [-0.25, -0.2) is 0 Å². The molecule has 0 atom stereocenters. The van der Waals surface area contributed by atoms with Crippen molar-refractivity contribution in [3.05, 3.63) is 40.4 Å². The number of carbonyl (C=O) groups is 2. The number of hydrogen-bond donors (Lipinski definition) is 0. The summed E-state index contributed by atoms with van der Waals surface area (Å²) in [6, 6.07) is 4.13. The van der Waals surface area contributed by atoms with Crippen molar-refractivity contribution in [2.75, 3.05) is 6.61 Å². The van der Waals surface area contributed by atoms with E-state index in [4.69, 9.17) is 16.3 Å². The molecule has 23 heavy (non-hydrogen) atoms. The van der Waals surface area contributed by atoms with Gasteiger partial charge in [-0.15, -0.1) is 0 Å². The van der Waals surface area contributed by atoms with Crippen molar-refractivity contribution in [3.63, 3.8) is 0 Å². The molecule has 0 saturated heterocycles. The van der Waals surface area contributed by atoms with Crippen molar-refractivity contribution in [2.45, 2.75) is 19.8 Å². The summed E-state index contributed by atoms with van der Waals surface area (Å²) >= 11 is 4.72. The van der Waals surface area contributed by atoms with Crippen LogP contribution in [0.4, 0.5) is 4.39 Å². The van der Waals surface area contributed by atoms with Gasteiger partial charge in [0.1, 0.15) is 0 Å². The normalized spacial score (nSPS) is 11.1. The van der Waals surface area contributed by atoms with Gasteiger partial charge in [0.15, 0.2) is 0 Å². The average molecular weight is 402 g/mol. The number of esters is 1. The Balaban J connectivity index is 2.04. The van der Waals surface area contributed by atoms with Gasteiger partial charge in [0.2, 0.25) is 0 Å². The van der Waals surface area contributed by atoms with Gasteiger partial charge in [-0.1, -0.05) is 0 Å². The van der Waals surface area contributed by atoms with Crippen molar-refractivity contribution in [1.82, 2.24) is 10.3 Å². The van der Waals surface area contributed by atoms with Crippen LogP contribution in [0.25, 0.3) is 0 Å². The van der Waals surface area contributed by atoms with E-state index < -0.39 is 21.6 Å². The van der Waals surface area contributed by atoms with E-state index in [1.165, 1.54) is 18.2 Å². The Morgan fingerprint density at radius 3 is 2.87 bits per heavy atom. The molecule has 9 heteroatoms. The molecule has 1 radical (unpaired) electrons. The molecule has 1 aromatic heterocycles. The van der Waals surface area contributed by atoms with Crippen molar-refractivity contribution in [2.24, 2.45) is 0 Å². The second kappa shape index (κ2) is 8.22. The van der Waals surface area contributed by atoms with Crippen LogP contribution in [0, 0.1) is 5.82 Å². The van der Waals surface area contributed by atoms with E-state index in [2.05, 4.69) is 14.9 Å². The summed E-state index contributed by atoms with van der Waals surface area (Å²) in [7, 11) is 0. The summed E-state index contributed by atoms with van der Waals surface area (Å²) in [6.45, 7) is 2.00. The fraction of sp³-hybridized carbons (Fsp3) is 0.286. The molecule has 0 aliphatic rings. The zero-order valence-corrected chi connectivity index (χ0v) is 14.7. The number of benzene rings is 1. The monoisotopic (exact) mass is 401 g/mol. The number of hydrogen-bond acceptors (Lipinski definition) is 6. The number of aryl methyl sites for hydroxylation is 1. The van der Waals surface area contributed by atoms with E-state index >= 15 is 0 Å². The molecular formula is C14H12AsClFN2O4. The van der Waals surface area contributed by atoms with Crippen LogP contribution in [0.1, 0.15) is 29.5 Å². The van der Waals surface area contributed by atoms with Crippen LogP contribution in [0.15, 0.2) is 22.8 Å². The number of rotatable bonds is 7. The van der Waals surface area contributed by atoms with Crippen molar-refractivity contribution in [1.29, 1.82) is 0 Å². The predicted octanol–water partition coefficient (Wildman–Crippen LogP) is 1.53. The van der Waals surface area contributed by atoms with Gasteiger partial charge in [-0.05, 0) is 0 Å². The molecule has 0 unspecified atom stereocenters. The van der Waals surface area contributed by atoms with Gasteiger partial charge >= 0.3 is 143 Å². The van der Waals surface area contributed by atoms with Gasteiger partial charge in [0, 0.05) is 0 Å². The summed E-state index contributed by atoms with van der Waals surface area (Å²) in [5, 5.41) is 7.23. The Morgan fingerprint density at radius 1 is 1.39 bits per heavy atom. The molecule has 2 aromatic rings. The molecule has 0 aliphatic carbocycles. The number of nitrogens with zero attached hydrogens (tertiary/aromatic N) is 2. The van der Waals surface area contributed by atoms with Crippen molar-refractivity contribution in [3.8, 4) is 0 Å². The molecule has 2 rings (SSSR count). The van der Waals surface area contributed by atoms with E-state index in [0.29, 0.717) is 10.0 Å². The average Bonchev–Trinajstić information content (AvgIpc) is 2.98. The molecule has 0 bridgehead atoms. The number of ether oxygens (including phenoxy) is 1. The van der Waals surface area contributed by atoms with E-state index in [-0.39, 0.29) is 40.7 Å². The van der Waals surface area contributed by atoms with Crippen molar-refractivity contribution >= 4 is 42.2 Å². The number of carbonyl (C=O) groups excluding carboxylic acids is 2. The van der Waals surface area contributed by atoms with Gasteiger partial charge in [-0.2, -0.15) is 0 Å². The van der Waals surface area contributed by atoms with Crippen molar-refractivity contribution < 1.29 is 23.3 Å². The molecule has 1 aromatic carbocycles. The SMILES string of the molecule is CCOC(=O)CCc1nonc1C(=O)[As]c1ccc(F)c(Cl)c1. The topological polar surface area (TPSA) is 82.3 Å². The summed E-state index contributed by atoms with van der Waals surface area (Å²) < 4.78 is 22.9. The van der Waals surface area contributed by atoms with Crippen LogP contribution in [0.5, 0.6) is 0 Å². The van der Waals surface area contributed by atoms with Crippen LogP contribution >= 0.6 is 11.6 Å². The Labute approximate surface area is 143 Å². The first-order valence-corrected chi connectivity index (χ1v) is 8.95. The first kappa shape index (κ1) is 17.6. The second-order valence-electron chi connectivity index (χ2n) is 4.38. The summed E-state index contributed by atoms with van der Waals surface area (Å²) in [5.41, 5.74) is 0.404. The minimum absolute atomic E-state index is 0.0357. The molecule has 0 N–H and O–H groups in total. The van der Waals surface area contributed by atoms with Crippen LogP contribution in [0.2, 0.25) is 5.02 Å². The molecule has 0 spiro atoms. The van der Waals surface area contributed by atoms with Gasteiger partial charge < -0.3 is 0 Å². The zero-order chi connectivity index (χ0) is 16.8. The third-order valence-corrected chi connectivity index (χ3v) is 5.05. The summed E-state index contributed by atoms with van der Waals surface area (Å²) in [4.78, 5) is 23.6. The van der Waals surface area contributed by atoms with Crippen LogP contribution in [-0.2, 0) is 16.0 Å². The van der Waals surface area contributed by atoms with Crippen LogP contribution in [0.3, 0.4) is 0 Å². The van der Waals surface area contributed by atoms with Gasteiger partial charge in [-0.3, -0.25) is 0 Å². The van der Waals surface area contributed by atoms with E-state index in [0.717, 1.165) is 0 Å². The molecule has 0 aliphatic heterocycles. The number of aromatic nitrogens is 2. The van der Waals surface area contributed by atoms with Gasteiger partial charge in [0.25, 0.3) is 0 Å². The molecule has 1 heterocycles. The molecule has 0 fully saturated rings. The Hall–Kier alpha value is -1.72. The fourth-order valence-electron chi connectivity index (χ4n) is 1.71. The molecule has 0 amide bonds. The van der Waals surface area contributed by atoms with Crippen LogP contribution in [-0.4, -0.2) is 43.2 Å². The Bertz CT molecular complexity index is 723. The van der Waals surface area contributed by atoms with E-state index in [1.54, 1.807) is 6.92 Å². The van der Waals surface area contributed by atoms with Crippen LogP contribution < -0.4 is 4.35 Å². The molecule has 6 nitrogen and oxygen atoms in total. The molecule has 121 valence electrons. The Kier molecular flexibility index (Phi) is 6.30. The maximum atomic E-state index is 13.1. The maximum absolute atomic E-state index is 13.1. The second-order valence-corrected chi connectivity index (χ2v) is 7.19. The van der Waals surface area contributed by atoms with E-state index in [1.807, 2.05) is 0 Å². The minimum atomic E-state index is -0.974. The number of halogens is 2. The third kappa shape index (κ3) is 4.88. The summed E-state index contributed by atoms with van der Waals surface area (Å²) in [6.07, 6.45) is 0.288. The van der Waals surface area contributed by atoms with Gasteiger partial charge in [0.05, 0.1) is 0 Å². The predicted molar refractivity (Wildman–Crippen MR) is 80.4 cm³/mol. The molecule has 0 saturated carbocycles. The molecular weight excluding hydrogens is 390 g/mol. The van der Waals surface area contributed by atoms with E-state index in [9.17, 15) is 14.0 Å². The fourth-order valence-corrected chi connectivity index (χ4v) is 3.85. The Morgan fingerprint density at radius 2 is 2.17 bits per heavy atom. The standard InChI is InChI=1S/C14H12AsClFN2O4/c1-2-22-12(20)6-5-11-13(19-23-18-11)14(21)15-8-3-4-10(17)9(16)7-8/h3-4,7H,2,5-6H2,1H3. The quantitative estimate of drug-likeness (QED) is 0.517. The summed E-state index contributed by atoms with van der Waals surface area (Å²) in [5.74, 6) is -0.922. The zero-order valence-electron chi connectivity index (χ0n) is 12.1. The third-order valence-electron chi connectivity index (χ3n) is 2.76. The first-order valence-electron chi connectivity index (χ1n) is 6.69.